The Balaban J connectivity index is 2.60. The van der Waals surface area contributed by atoms with E-state index >= 15 is 0 Å². The van der Waals surface area contributed by atoms with Crippen LogP contribution in [-0.4, -0.2) is 18.6 Å². The first-order valence-corrected chi connectivity index (χ1v) is 7.05. The van der Waals surface area contributed by atoms with Crippen molar-refractivity contribution in [1.82, 2.24) is 0 Å². The summed E-state index contributed by atoms with van der Waals surface area (Å²) in [5, 5.41) is 4.90. The van der Waals surface area contributed by atoms with Gasteiger partial charge in [0.2, 0.25) is 0 Å². The molecule has 0 aliphatic carbocycles. The average Bonchev–Trinajstić information content (AvgIpc) is 2.15. The van der Waals surface area contributed by atoms with Crippen LogP contribution < -0.4 is 5.32 Å². The Morgan fingerprint density at radius 2 is 1.80 bits per heavy atom. The lowest BCUT2D eigenvalue weighted by Gasteiger charge is -2.10. The minimum Gasteiger partial charge on any atom is -0.383 e. The van der Waals surface area contributed by atoms with Gasteiger partial charge in [-0.3, -0.25) is 0 Å². The SMILES string of the molecule is CSCCCNc1c(Cl)cc(Cl)cc1Cl. The van der Waals surface area contributed by atoms with Crippen LogP contribution in [0.5, 0.6) is 0 Å². The van der Waals surface area contributed by atoms with Gasteiger partial charge in [-0.2, -0.15) is 11.8 Å². The van der Waals surface area contributed by atoms with Crippen molar-refractivity contribution in [3.05, 3.63) is 27.2 Å². The molecule has 0 unspecified atom stereocenters. The van der Waals surface area contributed by atoms with E-state index in [4.69, 9.17) is 34.8 Å². The van der Waals surface area contributed by atoms with E-state index < -0.39 is 0 Å². The smallest absolute Gasteiger partial charge is 0.0720 e. The first kappa shape index (κ1) is 13.3. The van der Waals surface area contributed by atoms with Crippen LogP contribution in [0.25, 0.3) is 0 Å². The van der Waals surface area contributed by atoms with Crippen LogP contribution in [0, 0.1) is 0 Å². The van der Waals surface area contributed by atoms with Crippen LogP contribution in [0.4, 0.5) is 5.69 Å². The molecule has 0 aliphatic rings. The van der Waals surface area contributed by atoms with Crippen molar-refractivity contribution in [2.75, 3.05) is 23.9 Å². The van der Waals surface area contributed by atoms with E-state index in [0.717, 1.165) is 24.4 Å². The molecular weight excluding hydrogens is 273 g/mol. The topological polar surface area (TPSA) is 12.0 Å². The van der Waals surface area contributed by atoms with Gasteiger partial charge < -0.3 is 5.32 Å². The van der Waals surface area contributed by atoms with Gasteiger partial charge in [-0.05, 0) is 30.6 Å². The van der Waals surface area contributed by atoms with Gasteiger partial charge in [0.1, 0.15) is 0 Å². The molecule has 0 fully saturated rings. The zero-order chi connectivity index (χ0) is 11.3. The van der Waals surface area contributed by atoms with Gasteiger partial charge in [-0.1, -0.05) is 34.8 Å². The second kappa shape index (κ2) is 6.74. The van der Waals surface area contributed by atoms with Gasteiger partial charge in [0.05, 0.1) is 15.7 Å². The van der Waals surface area contributed by atoms with Gasteiger partial charge in [0.25, 0.3) is 0 Å². The second-order valence-corrected chi connectivity index (χ2v) is 5.25. The van der Waals surface area contributed by atoms with Gasteiger partial charge in [-0.15, -0.1) is 0 Å². The van der Waals surface area contributed by atoms with Crippen LogP contribution >= 0.6 is 46.6 Å². The van der Waals surface area contributed by atoms with E-state index in [2.05, 4.69) is 11.6 Å². The molecule has 0 aliphatic heterocycles. The number of hydrogen-bond donors (Lipinski definition) is 1. The van der Waals surface area contributed by atoms with Crippen LogP contribution in [0.2, 0.25) is 15.1 Å². The second-order valence-electron chi connectivity index (χ2n) is 3.02. The fraction of sp³-hybridized carbons (Fsp3) is 0.400. The summed E-state index contributed by atoms with van der Waals surface area (Å²) >= 11 is 19.6. The van der Waals surface area contributed by atoms with Gasteiger partial charge in [0.15, 0.2) is 0 Å². The van der Waals surface area contributed by atoms with Gasteiger partial charge >= 0.3 is 0 Å². The molecule has 1 rings (SSSR count). The molecule has 1 aromatic rings. The van der Waals surface area contributed by atoms with E-state index in [1.54, 1.807) is 12.1 Å². The fourth-order valence-electron chi connectivity index (χ4n) is 1.14. The summed E-state index contributed by atoms with van der Waals surface area (Å²) in [6, 6.07) is 3.37. The van der Waals surface area contributed by atoms with Gasteiger partial charge in [0, 0.05) is 11.6 Å². The monoisotopic (exact) mass is 283 g/mol. The standard InChI is InChI=1S/C10H12Cl3NS/c1-15-4-2-3-14-10-8(12)5-7(11)6-9(10)13/h5-6,14H,2-4H2,1H3. The third kappa shape index (κ3) is 4.31. The number of anilines is 1. The Bertz CT molecular complexity index is 307. The highest BCUT2D eigenvalue weighted by Gasteiger charge is 2.06. The zero-order valence-electron chi connectivity index (χ0n) is 8.32. The molecule has 1 aromatic carbocycles. The van der Waals surface area contributed by atoms with Gasteiger partial charge in [-0.25, -0.2) is 0 Å². The Morgan fingerprint density at radius 1 is 1.20 bits per heavy atom. The summed E-state index contributed by atoms with van der Waals surface area (Å²) < 4.78 is 0. The number of nitrogens with one attached hydrogen (secondary N) is 1. The maximum Gasteiger partial charge on any atom is 0.0720 e. The highest BCUT2D eigenvalue weighted by Crippen LogP contribution is 2.33. The molecule has 0 spiro atoms. The molecule has 0 atom stereocenters. The van der Waals surface area contributed by atoms with Crippen LogP contribution in [0.1, 0.15) is 6.42 Å². The molecule has 0 saturated carbocycles. The van der Waals surface area contributed by atoms with Crippen molar-refractivity contribution >= 4 is 52.3 Å². The van der Waals surface area contributed by atoms with Crippen molar-refractivity contribution < 1.29 is 0 Å². The molecule has 5 heteroatoms. The zero-order valence-corrected chi connectivity index (χ0v) is 11.4. The van der Waals surface area contributed by atoms with Crippen molar-refractivity contribution in [1.29, 1.82) is 0 Å². The highest BCUT2D eigenvalue weighted by atomic mass is 35.5. The van der Waals surface area contributed by atoms with E-state index in [-0.39, 0.29) is 0 Å². The molecule has 0 radical (unpaired) electrons. The lowest BCUT2D eigenvalue weighted by atomic mass is 10.3. The summed E-state index contributed by atoms with van der Waals surface area (Å²) in [5.41, 5.74) is 0.767. The molecular formula is C10H12Cl3NS. The summed E-state index contributed by atoms with van der Waals surface area (Å²) in [6.45, 7) is 0.863. The predicted octanol–water partition coefficient (Wildman–Crippen LogP) is 4.81. The number of rotatable bonds is 5. The molecule has 0 bridgehead atoms. The number of thioether (sulfide) groups is 1. The third-order valence-corrected chi connectivity index (χ3v) is 3.35. The van der Waals surface area contributed by atoms with E-state index in [1.165, 1.54) is 0 Å². The Labute approximate surface area is 109 Å². The van der Waals surface area contributed by atoms with Crippen molar-refractivity contribution in [3.63, 3.8) is 0 Å². The molecule has 0 aromatic heterocycles. The molecule has 15 heavy (non-hydrogen) atoms. The summed E-state index contributed by atoms with van der Waals surface area (Å²) in [6.07, 6.45) is 3.17. The first-order valence-electron chi connectivity index (χ1n) is 4.52. The highest BCUT2D eigenvalue weighted by molar-refractivity contribution is 7.98. The summed E-state index contributed by atoms with van der Waals surface area (Å²) in [5.74, 6) is 1.12. The average molecular weight is 285 g/mol. The van der Waals surface area contributed by atoms with E-state index in [9.17, 15) is 0 Å². The maximum absolute atomic E-state index is 6.01. The van der Waals surface area contributed by atoms with Crippen LogP contribution in [0.3, 0.4) is 0 Å². The van der Waals surface area contributed by atoms with Crippen LogP contribution in [0.15, 0.2) is 12.1 Å². The third-order valence-electron chi connectivity index (χ3n) is 1.83. The molecule has 1 nitrogen and oxygen atoms in total. The van der Waals surface area contributed by atoms with E-state index in [0.29, 0.717) is 15.1 Å². The fourth-order valence-corrected chi connectivity index (χ4v) is 2.52. The van der Waals surface area contributed by atoms with Crippen molar-refractivity contribution in [3.8, 4) is 0 Å². The maximum atomic E-state index is 6.01. The normalized spacial score (nSPS) is 10.4. The quantitative estimate of drug-likeness (QED) is 0.779. The Hall–Kier alpha value is 0.240. The largest absolute Gasteiger partial charge is 0.383 e. The first-order chi connectivity index (χ1) is 7.15. The Kier molecular flexibility index (Phi) is 5.98. The minimum atomic E-state index is 0.555. The Morgan fingerprint density at radius 3 is 2.33 bits per heavy atom. The number of hydrogen-bond acceptors (Lipinski definition) is 2. The molecule has 1 N–H and O–H groups in total. The number of benzene rings is 1. The van der Waals surface area contributed by atoms with Crippen molar-refractivity contribution in [2.45, 2.75) is 6.42 Å². The van der Waals surface area contributed by atoms with Crippen molar-refractivity contribution in [2.24, 2.45) is 0 Å². The molecule has 0 amide bonds. The summed E-state index contributed by atoms with van der Waals surface area (Å²) in [7, 11) is 0. The lowest BCUT2D eigenvalue weighted by molar-refractivity contribution is 0.993. The predicted molar refractivity (Wildman–Crippen MR) is 73.0 cm³/mol. The number of halogens is 3. The van der Waals surface area contributed by atoms with E-state index in [1.807, 2.05) is 11.8 Å². The van der Waals surface area contributed by atoms with Crippen LogP contribution in [-0.2, 0) is 0 Å². The molecule has 0 saturated heterocycles. The summed E-state index contributed by atoms with van der Waals surface area (Å²) in [4.78, 5) is 0. The minimum absolute atomic E-state index is 0.555. The molecule has 0 heterocycles. The molecule has 84 valence electrons. The lowest BCUT2D eigenvalue weighted by Crippen LogP contribution is -2.03.